The molecule has 1 fully saturated rings. The molecule has 1 aromatic rings. The minimum atomic E-state index is -0.782. The van der Waals surface area contributed by atoms with Gasteiger partial charge in [-0.15, -0.1) is 11.6 Å². The summed E-state index contributed by atoms with van der Waals surface area (Å²) in [5.74, 6) is -0.198. The van der Waals surface area contributed by atoms with Gasteiger partial charge in [0.15, 0.2) is 11.6 Å². The highest BCUT2D eigenvalue weighted by Gasteiger charge is 2.21. The Morgan fingerprint density at radius 2 is 2.12 bits per heavy atom. The topological polar surface area (TPSA) is 3.24 Å². The first-order valence-corrected chi connectivity index (χ1v) is 6.44. The van der Waals surface area contributed by atoms with Crippen molar-refractivity contribution in [2.75, 3.05) is 19.0 Å². The maximum absolute atomic E-state index is 13.0. The van der Waals surface area contributed by atoms with Gasteiger partial charge >= 0.3 is 0 Å². The van der Waals surface area contributed by atoms with Gasteiger partial charge in [0, 0.05) is 19.0 Å². The van der Waals surface area contributed by atoms with E-state index in [1.807, 2.05) is 0 Å². The maximum Gasteiger partial charge on any atom is 0.159 e. The largest absolute Gasteiger partial charge is 0.299 e. The molecule has 0 bridgehead atoms. The summed E-state index contributed by atoms with van der Waals surface area (Å²) in [7, 11) is 0. The molecule has 1 aromatic carbocycles. The number of halogens is 3. The number of hydrogen-bond donors (Lipinski definition) is 0. The zero-order chi connectivity index (χ0) is 12.3. The van der Waals surface area contributed by atoms with Crippen LogP contribution in [0.4, 0.5) is 8.78 Å². The van der Waals surface area contributed by atoms with E-state index in [-0.39, 0.29) is 0 Å². The number of likely N-dealkylation sites (tertiary alicyclic amines) is 1. The molecule has 0 N–H and O–H groups in total. The van der Waals surface area contributed by atoms with Crippen molar-refractivity contribution >= 4 is 11.6 Å². The van der Waals surface area contributed by atoms with Crippen molar-refractivity contribution in [1.29, 1.82) is 0 Å². The number of rotatable bonds is 4. The van der Waals surface area contributed by atoms with Gasteiger partial charge in [-0.05, 0) is 43.0 Å². The van der Waals surface area contributed by atoms with Gasteiger partial charge in [0.1, 0.15) is 0 Å². The highest BCUT2D eigenvalue weighted by atomic mass is 35.5. The lowest BCUT2D eigenvalue weighted by Crippen LogP contribution is -2.20. The second-order valence-electron chi connectivity index (χ2n) is 4.62. The van der Waals surface area contributed by atoms with Crippen LogP contribution in [0.25, 0.3) is 0 Å². The predicted octanol–water partition coefficient (Wildman–Crippen LogP) is 3.42. The zero-order valence-electron chi connectivity index (χ0n) is 9.63. The molecular formula is C13H16ClF2N. The molecule has 1 saturated heterocycles. The molecule has 94 valence electrons. The van der Waals surface area contributed by atoms with E-state index in [1.54, 1.807) is 6.07 Å². The fourth-order valence-corrected chi connectivity index (χ4v) is 2.65. The Morgan fingerprint density at radius 1 is 1.29 bits per heavy atom. The van der Waals surface area contributed by atoms with Gasteiger partial charge in [-0.2, -0.15) is 0 Å². The summed E-state index contributed by atoms with van der Waals surface area (Å²) < 4.78 is 25.8. The van der Waals surface area contributed by atoms with Crippen molar-refractivity contribution in [3.05, 3.63) is 35.4 Å². The lowest BCUT2D eigenvalue weighted by atomic mass is 10.1. The molecule has 1 heterocycles. The van der Waals surface area contributed by atoms with Crippen LogP contribution in [0.3, 0.4) is 0 Å². The normalized spacial score (nSPS) is 21.0. The van der Waals surface area contributed by atoms with Crippen LogP contribution in [-0.4, -0.2) is 23.9 Å². The van der Waals surface area contributed by atoms with Gasteiger partial charge in [-0.1, -0.05) is 6.07 Å². The van der Waals surface area contributed by atoms with Crippen LogP contribution in [-0.2, 0) is 6.54 Å². The molecule has 17 heavy (non-hydrogen) atoms. The Labute approximate surface area is 105 Å². The Morgan fingerprint density at radius 3 is 2.82 bits per heavy atom. The Kier molecular flexibility index (Phi) is 4.35. The average Bonchev–Trinajstić information content (AvgIpc) is 2.72. The smallest absolute Gasteiger partial charge is 0.159 e. The van der Waals surface area contributed by atoms with E-state index in [0.717, 1.165) is 31.5 Å². The minimum absolute atomic E-state index is 0.651. The molecule has 0 radical (unpaired) electrons. The van der Waals surface area contributed by atoms with E-state index in [2.05, 4.69) is 4.90 Å². The lowest BCUT2D eigenvalue weighted by molar-refractivity contribution is 0.314. The molecule has 4 heteroatoms. The molecule has 2 rings (SSSR count). The third-order valence-corrected chi connectivity index (χ3v) is 3.50. The van der Waals surface area contributed by atoms with Crippen LogP contribution in [0.1, 0.15) is 18.4 Å². The van der Waals surface area contributed by atoms with Crippen molar-refractivity contribution in [1.82, 2.24) is 4.90 Å². The number of alkyl halides is 1. The van der Waals surface area contributed by atoms with Crippen molar-refractivity contribution in [3.8, 4) is 0 Å². The first kappa shape index (κ1) is 12.8. The molecule has 0 saturated carbocycles. The summed E-state index contributed by atoms with van der Waals surface area (Å²) in [5.41, 5.74) is 0.829. The number of benzene rings is 1. The number of nitrogens with zero attached hydrogens (tertiary/aromatic N) is 1. The van der Waals surface area contributed by atoms with Crippen LogP contribution in [0, 0.1) is 17.6 Å². The summed E-state index contributed by atoms with van der Waals surface area (Å²) in [6, 6.07) is 4.12. The van der Waals surface area contributed by atoms with Gasteiger partial charge in [-0.25, -0.2) is 8.78 Å². The van der Waals surface area contributed by atoms with Crippen LogP contribution in [0.2, 0.25) is 0 Å². The van der Waals surface area contributed by atoms with Crippen molar-refractivity contribution in [2.45, 2.75) is 19.4 Å². The highest BCUT2D eigenvalue weighted by molar-refractivity contribution is 6.17. The molecule has 1 aliphatic rings. The van der Waals surface area contributed by atoms with Crippen LogP contribution in [0.15, 0.2) is 18.2 Å². The van der Waals surface area contributed by atoms with E-state index in [0.29, 0.717) is 18.3 Å². The molecule has 0 aliphatic carbocycles. The fourth-order valence-electron chi connectivity index (χ4n) is 2.34. The Bertz CT molecular complexity index is 384. The number of hydrogen-bond acceptors (Lipinski definition) is 1. The third kappa shape index (κ3) is 3.39. The molecule has 1 atom stereocenters. The molecule has 1 unspecified atom stereocenters. The fraction of sp³-hybridized carbons (Fsp3) is 0.538. The van der Waals surface area contributed by atoms with E-state index in [1.165, 1.54) is 12.1 Å². The first-order valence-electron chi connectivity index (χ1n) is 5.91. The molecule has 0 spiro atoms. The van der Waals surface area contributed by atoms with Gasteiger partial charge in [0.2, 0.25) is 0 Å². The maximum atomic E-state index is 13.0. The zero-order valence-corrected chi connectivity index (χ0v) is 10.4. The highest BCUT2D eigenvalue weighted by Crippen LogP contribution is 2.22. The second-order valence-corrected chi connectivity index (χ2v) is 4.99. The summed E-state index contributed by atoms with van der Waals surface area (Å²) >= 11 is 5.72. The second kappa shape index (κ2) is 5.78. The Balaban J connectivity index is 1.91. The molecule has 1 aliphatic heterocycles. The summed E-state index contributed by atoms with van der Waals surface area (Å²) in [6.07, 6.45) is 2.19. The van der Waals surface area contributed by atoms with Gasteiger partial charge < -0.3 is 0 Å². The molecular weight excluding hydrogens is 244 g/mol. The van der Waals surface area contributed by atoms with E-state index in [4.69, 9.17) is 11.6 Å². The van der Waals surface area contributed by atoms with E-state index < -0.39 is 11.6 Å². The van der Waals surface area contributed by atoms with E-state index >= 15 is 0 Å². The summed E-state index contributed by atoms with van der Waals surface area (Å²) in [5, 5.41) is 0. The van der Waals surface area contributed by atoms with Crippen LogP contribution in [0.5, 0.6) is 0 Å². The lowest BCUT2D eigenvalue weighted by Gasteiger charge is -2.15. The molecule has 0 aromatic heterocycles. The SMILES string of the molecule is Fc1ccc(CN2CCC(CCCl)C2)cc1F. The predicted molar refractivity (Wildman–Crippen MR) is 65.1 cm³/mol. The standard InChI is InChI=1S/C13H16ClF2N/c14-5-3-10-4-6-17(8-10)9-11-1-2-12(15)13(16)7-11/h1-2,7,10H,3-6,8-9H2. The van der Waals surface area contributed by atoms with Crippen LogP contribution >= 0.6 is 11.6 Å². The molecule has 0 amide bonds. The Hall–Kier alpha value is -0.670. The first-order chi connectivity index (χ1) is 8.19. The van der Waals surface area contributed by atoms with E-state index in [9.17, 15) is 8.78 Å². The average molecular weight is 260 g/mol. The van der Waals surface area contributed by atoms with Gasteiger partial charge in [-0.3, -0.25) is 4.90 Å². The minimum Gasteiger partial charge on any atom is -0.299 e. The summed E-state index contributed by atoms with van der Waals surface area (Å²) in [6.45, 7) is 2.71. The third-order valence-electron chi connectivity index (χ3n) is 3.28. The van der Waals surface area contributed by atoms with Gasteiger partial charge in [0.05, 0.1) is 0 Å². The van der Waals surface area contributed by atoms with Crippen molar-refractivity contribution in [2.24, 2.45) is 5.92 Å². The van der Waals surface area contributed by atoms with Crippen molar-refractivity contribution in [3.63, 3.8) is 0 Å². The van der Waals surface area contributed by atoms with Crippen molar-refractivity contribution < 1.29 is 8.78 Å². The van der Waals surface area contributed by atoms with Crippen LogP contribution < -0.4 is 0 Å². The monoisotopic (exact) mass is 259 g/mol. The van der Waals surface area contributed by atoms with Gasteiger partial charge in [0.25, 0.3) is 0 Å². The summed E-state index contributed by atoms with van der Waals surface area (Å²) in [4.78, 5) is 2.27. The quantitative estimate of drug-likeness (QED) is 0.749. The molecule has 1 nitrogen and oxygen atoms in total.